The van der Waals surface area contributed by atoms with E-state index in [2.05, 4.69) is 0 Å². The number of ether oxygens (including phenoxy) is 2. The molecule has 1 aromatic rings. The average Bonchev–Trinajstić information content (AvgIpc) is 2.54. The smallest absolute Gasteiger partial charge is 0.365 e. The van der Waals surface area contributed by atoms with Crippen LogP contribution in [0.1, 0.15) is 37.0 Å². The number of carboxylic acids is 1. The predicted octanol–water partition coefficient (Wildman–Crippen LogP) is 3.36. The van der Waals surface area contributed by atoms with Crippen molar-refractivity contribution in [1.29, 1.82) is 0 Å². The maximum atomic E-state index is 13.2. The molecule has 0 saturated heterocycles. The van der Waals surface area contributed by atoms with Crippen LogP contribution < -0.4 is 9.47 Å². The number of rotatable bonds is 9. The van der Waals surface area contributed by atoms with Crippen LogP contribution in [0.15, 0.2) is 18.2 Å². The molecular weight excluding hydrogens is 319 g/mol. The summed E-state index contributed by atoms with van der Waals surface area (Å²) < 4.78 is 23.1. The monoisotopic (exact) mass is 341 g/mol. The molecule has 1 aromatic carbocycles. The first kappa shape index (κ1) is 19.1. The molecule has 1 atom stereocenters. The molecule has 1 unspecified atom stereocenters. The van der Waals surface area contributed by atoms with Gasteiger partial charge < -0.3 is 14.6 Å². The summed E-state index contributed by atoms with van der Waals surface area (Å²) >= 11 is 0. The van der Waals surface area contributed by atoms with Crippen molar-refractivity contribution in [3.8, 4) is 11.5 Å². The van der Waals surface area contributed by atoms with Crippen LogP contribution in [-0.2, 0) is 9.36 Å². The number of hydrogen-bond acceptors (Lipinski definition) is 5. The lowest BCUT2D eigenvalue weighted by atomic mass is 9.90. The molecule has 7 heteroatoms. The largest absolute Gasteiger partial charge is 0.496 e. The normalized spacial score (nSPS) is 11.7. The minimum Gasteiger partial charge on any atom is -0.496 e. The Balaban J connectivity index is 3.48. The second-order valence-corrected chi connectivity index (χ2v) is 6.96. The highest BCUT2D eigenvalue weighted by molar-refractivity contribution is 7.49. The number of methoxy groups -OCH3 is 2. The summed E-state index contributed by atoms with van der Waals surface area (Å²) in [4.78, 5) is 24.1. The van der Waals surface area contributed by atoms with E-state index in [1.54, 1.807) is 32.0 Å². The molecule has 23 heavy (non-hydrogen) atoms. The minimum absolute atomic E-state index is 0.204. The maximum absolute atomic E-state index is 13.2. The third-order valence-electron chi connectivity index (χ3n) is 4.00. The van der Waals surface area contributed by atoms with Crippen molar-refractivity contribution in [1.82, 2.24) is 0 Å². The standard InChI is InChI=1S/C16H21O6P/c1-5-16(6-2,23(20)10-13(17)18)15(19)14-11(21-3)8-7-9-12(14)22-4/h7-9H,5-6,10H2,1-4H3/p+1. The van der Waals surface area contributed by atoms with Crippen LogP contribution in [0.4, 0.5) is 0 Å². The van der Waals surface area contributed by atoms with Gasteiger partial charge in [0.1, 0.15) is 17.1 Å². The van der Waals surface area contributed by atoms with Gasteiger partial charge in [0.25, 0.3) is 0 Å². The highest BCUT2D eigenvalue weighted by Gasteiger charge is 2.54. The molecule has 0 radical (unpaired) electrons. The highest BCUT2D eigenvalue weighted by atomic mass is 31.1. The summed E-state index contributed by atoms with van der Waals surface area (Å²) in [5.41, 5.74) is 0.204. The lowest BCUT2D eigenvalue weighted by Crippen LogP contribution is -2.35. The quantitative estimate of drug-likeness (QED) is 0.547. The molecule has 0 aliphatic rings. The molecule has 0 aliphatic carbocycles. The molecule has 0 heterocycles. The van der Waals surface area contributed by atoms with Gasteiger partial charge in [0.15, 0.2) is 0 Å². The van der Waals surface area contributed by atoms with Crippen molar-refractivity contribution < 1.29 is 28.7 Å². The van der Waals surface area contributed by atoms with Crippen molar-refractivity contribution in [3.05, 3.63) is 23.8 Å². The molecule has 0 bridgehead atoms. The van der Waals surface area contributed by atoms with E-state index in [-0.39, 0.29) is 18.4 Å². The number of benzene rings is 1. The van der Waals surface area contributed by atoms with Crippen LogP contribution in [0.5, 0.6) is 11.5 Å². The summed E-state index contributed by atoms with van der Waals surface area (Å²) in [6, 6.07) is 4.93. The molecule has 0 aromatic heterocycles. The van der Waals surface area contributed by atoms with Crippen molar-refractivity contribution in [3.63, 3.8) is 0 Å². The Morgan fingerprint density at radius 3 is 1.96 bits per heavy atom. The lowest BCUT2D eigenvalue weighted by molar-refractivity contribution is -0.134. The fourth-order valence-corrected chi connectivity index (χ4v) is 4.21. The van der Waals surface area contributed by atoms with Crippen LogP contribution in [0.25, 0.3) is 0 Å². The molecule has 0 saturated carbocycles. The van der Waals surface area contributed by atoms with E-state index in [1.165, 1.54) is 14.2 Å². The number of ketones is 1. The van der Waals surface area contributed by atoms with E-state index in [0.29, 0.717) is 11.5 Å². The zero-order valence-corrected chi connectivity index (χ0v) is 14.7. The number of Topliss-reactive ketones (excluding diaryl/α,β-unsaturated/α-hetero) is 1. The van der Waals surface area contributed by atoms with E-state index in [4.69, 9.17) is 14.6 Å². The fourth-order valence-electron chi connectivity index (χ4n) is 2.62. The first-order valence-electron chi connectivity index (χ1n) is 7.30. The number of aliphatic carboxylic acids is 1. The fraction of sp³-hybridized carbons (Fsp3) is 0.500. The topological polar surface area (TPSA) is 89.9 Å². The van der Waals surface area contributed by atoms with Gasteiger partial charge in [-0.05, 0) is 12.1 Å². The molecule has 6 nitrogen and oxygen atoms in total. The molecule has 0 spiro atoms. The molecule has 0 aliphatic heterocycles. The summed E-state index contributed by atoms with van der Waals surface area (Å²) in [5, 5.41) is 7.69. The Hall–Kier alpha value is -1.94. The van der Waals surface area contributed by atoms with Gasteiger partial charge in [0, 0.05) is 12.8 Å². The minimum atomic E-state index is -2.28. The van der Waals surface area contributed by atoms with Crippen LogP contribution in [0.3, 0.4) is 0 Å². The summed E-state index contributed by atoms with van der Waals surface area (Å²) in [5.74, 6) is -0.949. The van der Waals surface area contributed by atoms with Crippen molar-refractivity contribution in [2.24, 2.45) is 0 Å². The van der Waals surface area contributed by atoms with Gasteiger partial charge in [-0.3, -0.25) is 4.79 Å². The molecular formula is C16H22O6P+. The van der Waals surface area contributed by atoms with Gasteiger partial charge in [-0.2, -0.15) is 0 Å². The van der Waals surface area contributed by atoms with Gasteiger partial charge in [-0.15, -0.1) is 0 Å². The van der Waals surface area contributed by atoms with E-state index >= 15 is 0 Å². The SMILES string of the molecule is CCC(CC)(C(=O)c1c(OC)cccc1OC)[P+](=O)CC(=O)O. The van der Waals surface area contributed by atoms with Gasteiger partial charge >= 0.3 is 13.8 Å². The zero-order chi connectivity index (χ0) is 17.6. The van der Waals surface area contributed by atoms with Crippen molar-refractivity contribution in [2.75, 3.05) is 20.4 Å². The molecule has 126 valence electrons. The second-order valence-electron chi connectivity index (χ2n) is 5.04. The molecule has 0 amide bonds. The first-order valence-corrected chi connectivity index (χ1v) is 8.74. The highest BCUT2D eigenvalue weighted by Crippen LogP contribution is 2.48. The lowest BCUT2D eigenvalue weighted by Gasteiger charge is -2.22. The third-order valence-corrected chi connectivity index (χ3v) is 6.35. The zero-order valence-electron chi connectivity index (χ0n) is 13.8. The number of carbonyl (C=O) groups is 2. The second kappa shape index (κ2) is 8.06. The Kier molecular flexibility index (Phi) is 6.70. The van der Waals surface area contributed by atoms with Gasteiger partial charge in [-0.25, -0.2) is 4.79 Å². The third kappa shape index (κ3) is 3.70. The Labute approximate surface area is 136 Å². The number of hydrogen-bond donors (Lipinski definition) is 1. The first-order chi connectivity index (χ1) is 10.9. The van der Waals surface area contributed by atoms with Gasteiger partial charge in [-0.1, -0.05) is 24.5 Å². The number of carbonyl (C=O) groups excluding carboxylic acids is 1. The van der Waals surface area contributed by atoms with Crippen molar-refractivity contribution >= 4 is 19.6 Å². The van der Waals surface area contributed by atoms with Gasteiger partial charge in [0.2, 0.25) is 17.1 Å². The van der Waals surface area contributed by atoms with Crippen LogP contribution in [0.2, 0.25) is 0 Å². The molecule has 1 rings (SSSR count). The Morgan fingerprint density at radius 2 is 1.61 bits per heavy atom. The Bertz CT molecular complexity index is 584. The van der Waals surface area contributed by atoms with E-state index in [0.717, 1.165) is 0 Å². The Morgan fingerprint density at radius 1 is 1.13 bits per heavy atom. The summed E-state index contributed by atoms with van der Waals surface area (Å²) in [6.07, 6.45) is -0.00173. The number of carboxylic acid groups (broad SMARTS) is 1. The maximum Gasteiger partial charge on any atom is 0.365 e. The molecule has 1 N–H and O–H groups in total. The van der Waals surface area contributed by atoms with Crippen LogP contribution >= 0.6 is 7.80 Å². The van der Waals surface area contributed by atoms with E-state index in [1.807, 2.05) is 0 Å². The molecule has 0 fully saturated rings. The van der Waals surface area contributed by atoms with Crippen LogP contribution in [0, 0.1) is 0 Å². The summed E-state index contributed by atoms with van der Waals surface area (Å²) in [7, 11) is 0.590. The summed E-state index contributed by atoms with van der Waals surface area (Å²) in [6.45, 7) is 3.47. The average molecular weight is 341 g/mol. The van der Waals surface area contributed by atoms with Crippen molar-refractivity contribution in [2.45, 2.75) is 31.8 Å². The van der Waals surface area contributed by atoms with Crippen LogP contribution in [-0.4, -0.2) is 42.4 Å². The van der Waals surface area contributed by atoms with E-state index in [9.17, 15) is 14.2 Å². The van der Waals surface area contributed by atoms with E-state index < -0.39 is 30.9 Å². The predicted molar refractivity (Wildman–Crippen MR) is 87.3 cm³/mol. The van der Waals surface area contributed by atoms with Gasteiger partial charge in [0.05, 0.1) is 14.2 Å².